The second-order valence-corrected chi connectivity index (χ2v) is 8.71. The van der Waals surface area contributed by atoms with Crippen LogP contribution in [0.5, 0.6) is 0 Å². The number of halogens is 6. The molecule has 4 N–H and O–H groups in total. The van der Waals surface area contributed by atoms with E-state index < -0.39 is 69.9 Å². The van der Waals surface area contributed by atoms with Gasteiger partial charge in [-0.05, 0) is 19.3 Å². The average molecular weight is 637 g/mol. The highest BCUT2D eigenvalue weighted by Crippen LogP contribution is 2.33. The van der Waals surface area contributed by atoms with Crippen molar-refractivity contribution in [3.05, 3.63) is 12.7 Å². The Balaban J connectivity index is 4.03. The molecule has 0 aliphatic carbocycles. The number of aliphatic hydroxyl groups excluding tert-OH is 4. The van der Waals surface area contributed by atoms with E-state index in [1.165, 1.54) is 0 Å². The molecule has 0 aliphatic rings. The molecule has 0 bridgehead atoms. The molecular weight excluding hydrogens is 594 g/mol. The van der Waals surface area contributed by atoms with Crippen LogP contribution in [-0.2, 0) is 37.9 Å². The van der Waals surface area contributed by atoms with E-state index in [-0.39, 0.29) is 39.6 Å². The van der Waals surface area contributed by atoms with Crippen molar-refractivity contribution in [1.82, 2.24) is 0 Å². The summed E-state index contributed by atoms with van der Waals surface area (Å²) in [5.74, 6) is 0. The maximum absolute atomic E-state index is 13.6. The molecule has 0 saturated heterocycles. The maximum atomic E-state index is 13.6. The van der Waals surface area contributed by atoms with Crippen molar-refractivity contribution in [1.29, 1.82) is 0 Å². The highest BCUT2D eigenvalue weighted by atomic mass is 19.3. The molecule has 0 rings (SSSR count). The van der Waals surface area contributed by atoms with Crippen molar-refractivity contribution in [2.24, 2.45) is 0 Å². The zero-order valence-electron chi connectivity index (χ0n) is 23.2. The van der Waals surface area contributed by atoms with Crippen LogP contribution in [0.2, 0.25) is 0 Å². The number of ether oxygens (including phenoxy) is 8. The van der Waals surface area contributed by atoms with E-state index in [1.807, 2.05) is 0 Å². The molecule has 0 radical (unpaired) electrons. The SMILES string of the molecule is C=CCCOCCCC(O)COCC(O)COCCOCC(F)(F)OC(F)(F)OC(F)(F)COCC(O)COCCO. The van der Waals surface area contributed by atoms with Crippen LogP contribution in [0.4, 0.5) is 26.3 Å². The van der Waals surface area contributed by atoms with E-state index in [2.05, 4.69) is 25.5 Å². The molecule has 0 spiro atoms. The van der Waals surface area contributed by atoms with Gasteiger partial charge in [0, 0.05) is 13.2 Å². The highest BCUT2D eigenvalue weighted by molar-refractivity contribution is 4.65. The van der Waals surface area contributed by atoms with E-state index in [9.17, 15) is 41.7 Å². The zero-order valence-corrected chi connectivity index (χ0v) is 23.2. The molecule has 0 aromatic carbocycles. The third-order valence-electron chi connectivity index (χ3n) is 4.53. The third-order valence-corrected chi connectivity index (χ3v) is 4.53. The first-order chi connectivity index (χ1) is 19.7. The standard InChI is InChI=1S/C24H42F6O12/c1-2-3-7-35-8-4-5-19(32)12-39-15-20(33)14-37-10-11-38-17-22(25,26)41-24(29,30)42-23(27,28)18-40-16-21(34)13-36-9-6-31/h2,19-21,31-34H,1,3-18H2. The predicted molar refractivity (Wildman–Crippen MR) is 131 cm³/mol. The molecule has 3 atom stereocenters. The lowest BCUT2D eigenvalue weighted by atomic mass is 10.2. The Morgan fingerprint density at radius 3 is 1.69 bits per heavy atom. The Bertz CT molecular complexity index is 665. The number of aliphatic hydroxyl groups is 4. The summed E-state index contributed by atoms with van der Waals surface area (Å²) in [5, 5.41) is 37.4. The number of hydrogen-bond donors (Lipinski definition) is 4. The van der Waals surface area contributed by atoms with Gasteiger partial charge in [0.05, 0.1) is 65.6 Å². The first kappa shape index (κ1) is 40.8. The first-order valence-corrected chi connectivity index (χ1v) is 13.0. The van der Waals surface area contributed by atoms with Crippen LogP contribution in [0.25, 0.3) is 0 Å². The lowest BCUT2D eigenvalue weighted by Crippen LogP contribution is -2.44. The van der Waals surface area contributed by atoms with Gasteiger partial charge in [-0.15, -0.1) is 15.4 Å². The molecule has 0 aliphatic heterocycles. The lowest BCUT2D eigenvalue weighted by molar-refractivity contribution is -0.518. The van der Waals surface area contributed by atoms with E-state index in [4.69, 9.17) is 24.1 Å². The molecule has 0 fully saturated rings. The van der Waals surface area contributed by atoms with Gasteiger partial charge in [-0.3, -0.25) is 0 Å². The maximum Gasteiger partial charge on any atom is 0.495 e. The fourth-order valence-electron chi connectivity index (χ4n) is 2.76. The molecule has 42 heavy (non-hydrogen) atoms. The van der Waals surface area contributed by atoms with Crippen LogP contribution in [0.3, 0.4) is 0 Å². The second-order valence-electron chi connectivity index (χ2n) is 8.71. The van der Waals surface area contributed by atoms with E-state index in [0.29, 0.717) is 26.1 Å². The zero-order chi connectivity index (χ0) is 31.9. The van der Waals surface area contributed by atoms with E-state index >= 15 is 0 Å². The van der Waals surface area contributed by atoms with E-state index in [1.54, 1.807) is 6.08 Å². The van der Waals surface area contributed by atoms with Crippen LogP contribution in [0.1, 0.15) is 19.3 Å². The monoisotopic (exact) mass is 636 g/mol. The summed E-state index contributed by atoms with van der Waals surface area (Å²) >= 11 is 0. The Morgan fingerprint density at radius 1 is 0.595 bits per heavy atom. The lowest BCUT2D eigenvalue weighted by Gasteiger charge is -2.26. The summed E-state index contributed by atoms with van der Waals surface area (Å²) in [6.07, 6.45) is -14.8. The summed E-state index contributed by atoms with van der Waals surface area (Å²) in [5.41, 5.74) is 0. The van der Waals surface area contributed by atoms with Gasteiger partial charge in [-0.2, -0.15) is 17.6 Å². The fraction of sp³-hybridized carbons (Fsp3) is 0.917. The molecule has 0 aromatic heterocycles. The number of hydrogen-bond acceptors (Lipinski definition) is 12. The van der Waals surface area contributed by atoms with Crippen LogP contribution in [-0.4, -0.2) is 143 Å². The average Bonchev–Trinajstić information content (AvgIpc) is 2.86. The molecule has 12 nitrogen and oxygen atoms in total. The van der Waals surface area contributed by atoms with Crippen LogP contribution < -0.4 is 0 Å². The molecule has 3 unspecified atom stereocenters. The van der Waals surface area contributed by atoms with Crippen molar-refractivity contribution in [3.8, 4) is 0 Å². The van der Waals surface area contributed by atoms with Crippen molar-refractivity contribution < 1.29 is 84.7 Å². The number of rotatable bonds is 30. The summed E-state index contributed by atoms with van der Waals surface area (Å²) in [6.45, 7) is -2.13. The van der Waals surface area contributed by atoms with Gasteiger partial charge in [0.2, 0.25) is 0 Å². The Kier molecular flexibility index (Phi) is 22.6. The normalized spacial score (nSPS) is 15.1. The first-order valence-electron chi connectivity index (χ1n) is 13.0. The van der Waals surface area contributed by atoms with E-state index in [0.717, 1.165) is 6.42 Å². The summed E-state index contributed by atoms with van der Waals surface area (Å²) in [6, 6.07) is 0. The van der Waals surface area contributed by atoms with Gasteiger partial charge < -0.3 is 48.8 Å². The fourth-order valence-corrected chi connectivity index (χ4v) is 2.76. The Labute approximate surface area is 240 Å². The molecule has 252 valence electrons. The Morgan fingerprint density at radius 2 is 1.10 bits per heavy atom. The third kappa shape index (κ3) is 25.3. The molecule has 0 saturated carbocycles. The van der Waals surface area contributed by atoms with Gasteiger partial charge >= 0.3 is 18.5 Å². The molecule has 0 heterocycles. The molecule has 18 heteroatoms. The van der Waals surface area contributed by atoms with Crippen molar-refractivity contribution in [3.63, 3.8) is 0 Å². The van der Waals surface area contributed by atoms with Crippen molar-refractivity contribution >= 4 is 0 Å². The minimum absolute atomic E-state index is 0.0418. The summed E-state index contributed by atoms with van der Waals surface area (Å²) in [7, 11) is 0. The van der Waals surface area contributed by atoms with Crippen molar-refractivity contribution in [2.75, 3.05) is 85.9 Å². The van der Waals surface area contributed by atoms with Gasteiger partial charge in [0.1, 0.15) is 25.4 Å². The minimum atomic E-state index is -5.45. The highest BCUT2D eigenvalue weighted by Gasteiger charge is 2.52. The van der Waals surface area contributed by atoms with Gasteiger partial charge in [0.15, 0.2) is 0 Å². The van der Waals surface area contributed by atoms with Crippen molar-refractivity contribution in [2.45, 2.75) is 56.1 Å². The van der Waals surface area contributed by atoms with Crippen LogP contribution >= 0.6 is 0 Å². The quantitative estimate of drug-likeness (QED) is 0.0389. The number of alkyl halides is 6. The second kappa shape index (κ2) is 23.3. The van der Waals surface area contributed by atoms with Crippen LogP contribution in [0.15, 0.2) is 12.7 Å². The largest absolute Gasteiger partial charge is 0.495 e. The topological polar surface area (TPSA) is 155 Å². The molecule has 0 amide bonds. The van der Waals surface area contributed by atoms with Gasteiger partial charge in [-0.1, -0.05) is 6.08 Å². The smallest absolute Gasteiger partial charge is 0.394 e. The molecular formula is C24H42F6O12. The summed E-state index contributed by atoms with van der Waals surface area (Å²) in [4.78, 5) is 0. The minimum Gasteiger partial charge on any atom is -0.394 e. The van der Waals surface area contributed by atoms with Crippen LogP contribution in [0, 0.1) is 0 Å². The van der Waals surface area contributed by atoms with Gasteiger partial charge in [-0.25, -0.2) is 9.47 Å². The predicted octanol–water partition coefficient (Wildman–Crippen LogP) is 1.29. The molecule has 0 aromatic rings. The Hall–Kier alpha value is -1.16. The van der Waals surface area contributed by atoms with Gasteiger partial charge in [0.25, 0.3) is 0 Å². The summed E-state index contributed by atoms with van der Waals surface area (Å²) < 4.78 is 116.